The number of hydrogen-bond acceptors (Lipinski definition) is 2. The molecule has 2 unspecified atom stereocenters. The van der Waals surface area contributed by atoms with Gasteiger partial charge >= 0.3 is 0 Å². The zero-order valence-electron chi connectivity index (χ0n) is 14.6. The Hall–Kier alpha value is -0.0800. The van der Waals surface area contributed by atoms with E-state index in [0.29, 0.717) is 0 Å². The van der Waals surface area contributed by atoms with Crippen molar-refractivity contribution >= 4 is 0 Å². The summed E-state index contributed by atoms with van der Waals surface area (Å²) < 4.78 is 0. The Labute approximate surface area is 127 Å². The van der Waals surface area contributed by atoms with Crippen molar-refractivity contribution in [3.8, 4) is 0 Å². The minimum Gasteiger partial charge on any atom is -0.312 e. The summed E-state index contributed by atoms with van der Waals surface area (Å²) in [6.07, 6.45) is 8.27. The maximum atomic E-state index is 3.85. The number of rotatable bonds is 8. The van der Waals surface area contributed by atoms with Gasteiger partial charge in [0.25, 0.3) is 0 Å². The Morgan fingerprint density at radius 3 is 2.10 bits per heavy atom. The molecule has 0 bridgehead atoms. The summed E-state index contributed by atoms with van der Waals surface area (Å²) in [7, 11) is 0. The smallest absolute Gasteiger partial charge is 0.0249 e. The lowest BCUT2D eigenvalue weighted by Crippen LogP contribution is -2.51. The highest BCUT2D eigenvalue weighted by molar-refractivity contribution is 4.87. The SMILES string of the molecule is CCCNC1CCCCCC1N(CC(C)C)CC(C)C. The second kappa shape index (κ2) is 9.78. The number of nitrogens with one attached hydrogen (secondary N) is 1. The predicted octanol–water partition coefficient (Wildman–Crippen LogP) is 4.30. The zero-order chi connectivity index (χ0) is 15.0. The lowest BCUT2D eigenvalue weighted by Gasteiger charge is -2.39. The molecule has 2 atom stereocenters. The lowest BCUT2D eigenvalue weighted by molar-refractivity contribution is 0.118. The van der Waals surface area contributed by atoms with E-state index in [-0.39, 0.29) is 0 Å². The molecule has 0 aromatic carbocycles. The van der Waals surface area contributed by atoms with Crippen LogP contribution in [0.2, 0.25) is 0 Å². The number of nitrogens with zero attached hydrogens (tertiary/aromatic N) is 1. The molecule has 0 saturated heterocycles. The van der Waals surface area contributed by atoms with Gasteiger partial charge in [-0.15, -0.1) is 0 Å². The molecule has 1 aliphatic carbocycles. The van der Waals surface area contributed by atoms with Crippen LogP contribution in [0.4, 0.5) is 0 Å². The molecular weight excluding hydrogens is 244 g/mol. The van der Waals surface area contributed by atoms with Gasteiger partial charge in [0, 0.05) is 25.2 Å². The van der Waals surface area contributed by atoms with Crippen LogP contribution in [0, 0.1) is 11.8 Å². The van der Waals surface area contributed by atoms with Crippen LogP contribution in [-0.2, 0) is 0 Å². The molecule has 0 amide bonds. The topological polar surface area (TPSA) is 15.3 Å². The summed E-state index contributed by atoms with van der Waals surface area (Å²) in [4.78, 5) is 2.80. The molecule has 1 rings (SSSR count). The highest BCUT2D eigenvalue weighted by Gasteiger charge is 2.29. The third kappa shape index (κ3) is 6.58. The van der Waals surface area contributed by atoms with Crippen LogP contribution >= 0.6 is 0 Å². The summed E-state index contributed by atoms with van der Waals surface area (Å²) in [6, 6.07) is 1.48. The van der Waals surface area contributed by atoms with Gasteiger partial charge in [-0.2, -0.15) is 0 Å². The molecule has 2 heteroatoms. The van der Waals surface area contributed by atoms with E-state index in [0.717, 1.165) is 23.9 Å². The average Bonchev–Trinajstić information content (AvgIpc) is 2.59. The van der Waals surface area contributed by atoms with Gasteiger partial charge in [0.1, 0.15) is 0 Å². The van der Waals surface area contributed by atoms with Crippen molar-refractivity contribution in [3.05, 3.63) is 0 Å². The Morgan fingerprint density at radius 2 is 1.55 bits per heavy atom. The first-order valence-electron chi connectivity index (χ1n) is 9.02. The molecule has 0 aliphatic heterocycles. The standard InChI is InChI=1S/C18H38N2/c1-6-12-19-17-10-8-7-9-11-18(17)20(13-15(2)3)14-16(4)5/h15-19H,6-14H2,1-5H3. The molecule has 1 aliphatic rings. The Balaban J connectivity index is 2.73. The maximum absolute atomic E-state index is 3.85. The fourth-order valence-corrected chi connectivity index (χ4v) is 3.58. The number of hydrogen-bond donors (Lipinski definition) is 1. The molecule has 0 aromatic heterocycles. The molecule has 1 N–H and O–H groups in total. The van der Waals surface area contributed by atoms with Crippen LogP contribution < -0.4 is 5.32 Å². The fourth-order valence-electron chi connectivity index (χ4n) is 3.58. The Morgan fingerprint density at radius 1 is 0.950 bits per heavy atom. The van der Waals surface area contributed by atoms with Gasteiger partial charge in [-0.05, 0) is 37.6 Å². The van der Waals surface area contributed by atoms with Gasteiger partial charge < -0.3 is 5.32 Å². The van der Waals surface area contributed by atoms with E-state index in [1.807, 2.05) is 0 Å². The predicted molar refractivity (Wildman–Crippen MR) is 90.2 cm³/mol. The summed E-state index contributed by atoms with van der Waals surface area (Å²) >= 11 is 0. The van der Waals surface area contributed by atoms with E-state index in [2.05, 4.69) is 44.8 Å². The van der Waals surface area contributed by atoms with Gasteiger partial charge in [0.15, 0.2) is 0 Å². The highest BCUT2D eigenvalue weighted by Crippen LogP contribution is 2.24. The van der Waals surface area contributed by atoms with Crippen LogP contribution in [0.15, 0.2) is 0 Å². The maximum Gasteiger partial charge on any atom is 0.0249 e. The van der Waals surface area contributed by atoms with Crippen LogP contribution in [0.1, 0.15) is 73.1 Å². The Bertz CT molecular complexity index is 228. The first kappa shape index (κ1) is 18.0. The van der Waals surface area contributed by atoms with Crippen molar-refractivity contribution in [1.29, 1.82) is 0 Å². The van der Waals surface area contributed by atoms with Crippen molar-refractivity contribution in [2.75, 3.05) is 19.6 Å². The van der Waals surface area contributed by atoms with Gasteiger partial charge in [-0.3, -0.25) is 4.90 Å². The van der Waals surface area contributed by atoms with Crippen molar-refractivity contribution < 1.29 is 0 Å². The summed E-state index contributed by atoms with van der Waals surface area (Å²) in [5, 5.41) is 3.85. The normalized spacial score (nSPS) is 24.6. The largest absolute Gasteiger partial charge is 0.312 e. The second-order valence-electron chi connectivity index (χ2n) is 7.51. The van der Waals surface area contributed by atoms with Crippen molar-refractivity contribution in [3.63, 3.8) is 0 Å². The van der Waals surface area contributed by atoms with Gasteiger partial charge in [-0.25, -0.2) is 0 Å². The molecule has 1 saturated carbocycles. The summed E-state index contributed by atoms with van der Waals surface area (Å²) in [6.45, 7) is 15.4. The molecule has 0 radical (unpaired) electrons. The minimum atomic E-state index is 0.718. The van der Waals surface area contributed by atoms with E-state index in [4.69, 9.17) is 0 Å². The monoisotopic (exact) mass is 282 g/mol. The van der Waals surface area contributed by atoms with E-state index < -0.39 is 0 Å². The molecular formula is C18H38N2. The molecule has 120 valence electrons. The lowest BCUT2D eigenvalue weighted by atomic mass is 9.98. The van der Waals surface area contributed by atoms with Gasteiger partial charge in [0.2, 0.25) is 0 Å². The van der Waals surface area contributed by atoms with Crippen LogP contribution in [-0.4, -0.2) is 36.6 Å². The molecule has 0 aromatic rings. The summed E-state index contributed by atoms with van der Waals surface area (Å²) in [5.41, 5.74) is 0. The second-order valence-corrected chi connectivity index (χ2v) is 7.51. The van der Waals surface area contributed by atoms with Crippen LogP contribution in [0.25, 0.3) is 0 Å². The van der Waals surface area contributed by atoms with Crippen molar-refractivity contribution in [2.24, 2.45) is 11.8 Å². The van der Waals surface area contributed by atoms with E-state index in [1.165, 1.54) is 58.2 Å². The molecule has 2 nitrogen and oxygen atoms in total. The highest BCUT2D eigenvalue weighted by atomic mass is 15.2. The first-order chi connectivity index (χ1) is 9.54. The molecule has 1 fully saturated rings. The van der Waals surface area contributed by atoms with Crippen LogP contribution in [0.5, 0.6) is 0 Å². The third-order valence-electron chi connectivity index (χ3n) is 4.30. The molecule has 0 heterocycles. The molecule has 0 spiro atoms. The zero-order valence-corrected chi connectivity index (χ0v) is 14.6. The minimum absolute atomic E-state index is 0.718. The van der Waals surface area contributed by atoms with Crippen LogP contribution in [0.3, 0.4) is 0 Å². The molecule has 20 heavy (non-hydrogen) atoms. The van der Waals surface area contributed by atoms with E-state index in [9.17, 15) is 0 Å². The van der Waals surface area contributed by atoms with Gasteiger partial charge in [0.05, 0.1) is 0 Å². The van der Waals surface area contributed by atoms with Crippen molar-refractivity contribution in [2.45, 2.75) is 85.2 Å². The third-order valence-corrected chi connectivity index (χ3v) is 4.30. The van der Waals surface area contributed by atoms with Gasteiger partial charge in [-0.1, -0.05) is 53.9 Å². The van der Waals surface area contributed by atoms with E-state index in [1.54, 1.807) is 0 Å². The average molecular weight is 283 g/mol. The Kier molecular flexibility index (Phi) is 8.79. The fraction of sp³-hybridized carbons (Fsp3) is 1.00. The van der Waals surface area contributed by atoms with E-state index >= 15 is 0 Å². The summed E-state index contributed by atoms with van der Waals surface area (Å²) in [5.74, 6) is 1.53. The quantitative estimate of drug-likeness (QED) is 0.668. The first-order valence-corrected chi connectivity index (χ1v) is 9.02. The van der Waals surface area contributed by atoms with Crippen molar-refractivity contribution in [1.82, 2.24) is 10.2 Å².